The van der Waals surface area contributed by atoms with Gasteiger partial charge in [0, 0.05) is 18.5 Å². The first kappa shape index (κ1) is 17.2. The van der Waals surface area contributed by atoms with Crippen molar-refractivity contribution in [2.24, 2.45) is 5.92 Å². The Kier molecular flexibility index (Phi) is 5.67. The van der Waals surface area contributed by atoms with Gasteiger partial charge >= 0.3 is 0 Å². The van der Waals surface area contributed by atoms with E-state index in [1.54, 1.807) is 11.3 Å². The van der Waals surface area contributed by atoms with E-state index in [2.05, 4.69) is 36.2 Å². The van der Waals surface area contributed by atoms with Crippen molar-refractivity contribution in [3.05, 3.63) is 51.5 Å². The third kappa shape index (κ3) is 4.67. The van der Waals surface area contributed by atoms with Crippen LogP contribution < -0.4 is 0 Å². The minimum absolute atomic E-state index is 0.234. The molecule has 1 saturated heterocycles. The predicted molar refractivity (Wildman–Crippen MR) is 99.4 cm³/mol. The minimum Gasteiger partial charge on any atom is -0.342 e. The van der Waals surface area contributed by atoms with Gasteiger partial charge in [-0.15, -0.1) is 11.3 Å². The van der Waals surface area contributed by atoms with Gasteiger partial charge in [0.2, 0.25) is 5.91 Å². The summed E-state index contributed by atoms with van der Waals surface area (Å²) >= 11 is 1.62. The van der Waals surface area contributed by atoms with E-state index in [4.69, 9.17) is 0 Å². The average molecular weight is 343 g/mol. The number of benzene rings is 1. The molecule has 3 nitrogen and oxygen atoms in total. The molecule has 1 fully saturated rings. The number of nitrogens with zero attached hydrogens (tertiary/aromatic N) is 2. The summed E-state index contributed by atoms with van der Waals surface area (Å²) in [7, 11) is 0. The summed E-state index contributed by atoms with van der Waals surface area (Å²) in [6, 6.07) is 8.86. The number of amides is 1. The molecule has 3 rings (SSSR count). The highest BCUT2D eigenvalue weighted by Gasteiger charge is 2.23. The highest BCUT2D eigenvalue weighted by atomic mass is 32.1. The van der Waals surface area contributed by atoms with Crippen molar-refractivity contribution >= 4 is 17.2 Å². The van der Waals surface area contributed by atoms with Crippen molar-refractivity contribution < 1.29 is 4.79 Å². The van der Waals surface area contributed by atoms with Crippen LogP contribution in [0.1, 0.15) is 41.1 Å². The van der Waals surface area contributed by atoms with Crippen LogP contribution in [-0.4, -0.2) is 28.9 Å². The molecule has 2 aromatic rings. The first-order valence-electron chi connectivity index (χ1n) is 8.84. The molecule has 0 unspecified atom stereocenters. The average Bonchev–Trinajstić information content (AvgIpc) is 2.99. The van der Waals surface area contributed by atoms with Crippen molar-refractivity contribution in [3.8, 4) is 0 Å². The Balaban J connectivity index is 1.42. The molecule has 1 aliphatic heterocycles. The minimum atomic E-state index is 0.234. The van der Waals surface area contributed by atoms with Gasteiger partial charge in [-0.1, -0.05) is 29.8 Å². The van der Waals surface area contributed by atoms with E-state index < -0.39 is 0 Å². The second-order valence-electron chi connectivity index (χ2n) is 6.88. The number of aryl methyl sites for hydroxylation is 3. The number of piperidine rings is 1. The zero-order valence-corrected chi connectivity index (χ0v) is 15.4. The summed E-state index contributed by atoms with van der Waals surface area (Å²) in [5.74, 6) is 0.981. The molecule has 128 valence electrons. The Morgan fingerprint density at radius 1 is 1.21 bits per heavy atom. The fourth-order valence-corrected chi connectivity index (χ4v) is 3.97. The lowest BCUT2D eigenvalue weighted by atomic mass is 9.90. The van der Waals surface area contributed by atoms with Crippen molar-refractivity contribution in [1.82, 2.24) is 9.88 Å². The maximum atomic E-state index is 12.4. The molecule has 0 aliphatic carbocycles. The van der Waals surface area contributed by atoms with Crippen molar-refractivity contribution in [1.29, 1.82) is 0 Å². The first-order chi connectivity index (χ1) is 11.6. The fourth-order valence-electron chi connectivity index (χ4n) is 3.35. The third-order valence-electron chi connectivity index (χ3n) is 4.93. The molecule has 0 N–H and O–H groups in total. The van der Waals surface area contributed by atoms with Crippen LogP contribution >= 0.6 is 11.3 Å². The molecule has 0 bridgehead atoms. The van der Waals surface area contributed by atoms with Gasteiger partial charge < -0.3 is 4.90 Å². The number of thiazole rings is 1. The summed E-state index contributed by atoms with van der Waals surface area (Å²) in [6.45, 7) is 5.92. The summed E-state index contributed by atoms with van der Waals surface area (Å²) in [5, 5.41) is 3.04. The first-order valence-corrected chi connectivity index (χ1v) is 9.72. The Labute approximate surface area is 148 Å². The number of likely N-dealkylation sites (tertiary alicyclic amines) is 1. The summed E-state index contributed by atoms with van der Waals surface area (Å²) < 4.78 is 0. The van der Waals surface area contributed by atoms with Gasteiger partial charge in [0.25, 0.3) is 0 Å². The Morgan fingerprint density at radius 2 is 1.92 bits per heavy atom. The lowest BCUT2D eigenvalue weighted by Gasteiger charge is -2.32. The van der Waals surface area contributed by atoms with E-state index >= 15 is 0 Å². The van der Waals surface area contributed by atoms with Crippen LogP contribution in [0, 0.1) is 19.8 Å². The molecule has 1 aromatic heterocycles. The van der Waals surface area contributed by atoms with Crippen LogP contribution in [0.4, 0.5) is 0 Å². The Bertz CT molecular complexity index is 669. The van der Waals surface area contributed by atoms with E-state index in [1.165, 1.54) is 17.5 Å². The fraction of sp³-hybridized carbons (Fsp3) is 0.500. The van der Waals surface area contributed by atoms with Gasteiger partial charge in [-0.05, 0) is 51.0 Å². The normalized spacial score (nSPS) is 15.7. The zero-order chi connectivity index (χ0) is 16.9. The maximum absolute atomic E-state index is 12.4. The van der Waals surface area contributed by atoms with E-state index in [9.17, 15) is 4.79 Å². The van der Waals surface area contributed by atoms with Crippen molar-refractivity contribution in [2.45, 2.75) is 46.0 Å². The Morgan fingerprint density at radius 3 is 2.54 bits per heavy atom. The Hall–Kier alpha value is -1.68. The molecule has 0 radical (unpaired) electrons. The van der Waals surface area contributed by atoms with Crippen molar-refractivity contribution in [2.75, 3.05) is 13.1 Å². The van der Waals surface area contributed by atoms with E-state index in [0.717, 1.165) is 49.0 Å². The SMILES string of the molecule is Cc1ccc(CCC2CCN(C(=O)Cc3csc(C)n3)CC2)cc1. The molecule has 1 aromatic carbocycles. The monoisotopic (exact) mass is 342 g/mol. The second-order valence-corrected chi connectivity index (χ2v) is 7.95. The van der Waals surface area contributed by atoms with E-state index in [0.29, 0.717) is 6.42 Å². The van der Waals surface area contributed by atoms with Gasteiger partial charge in [0.05, 0.1) is 17.1 Å². The zero-order valence-electron chi connectivity index (χ0n) is 14.6. The predicted octanol–water partition coefficient (Wildman–Crippen LogP) is 4.17. The third-order valence-corrected chi connectivity index (χ3v) is 5.75. The molecule has 24 heavy (non-hydrogen) atoms. The van der Waals surface area contributed by atoms with Crippen LogP contribution in [0.3, 0.4) is 0 Å². The lowest BCUT2D eigenvalue weighted by molar-refractivity contribution is -0.131. The maximum Gasteiger partial charge on any atom is 0.228 e. The van der Waals surface area contributed by atoms with Gasteiger partial charge in [-0.2, -0.15) is 0 Å². The highest BCUT2D eigenvalue weighted by Crippen LogP contribution is 2.23. The van der Waals surface area contributed by atoms with Crippen LogP contribution in [0.2, 0.25) is 0 Å². The van der Waals surface area contributed by atoms with E-state index in [1.807, 2.05) is 17.2 Å². The summed E-state index contributed by atoms with van der Waals surface area (Å²) in [5.41, 5.74) is 3.67. The molecular weight excluding hydrogens is 316 g/mol. The smallest absolute Gasteiger partial charge is 0.228 e. The number of hydrogen-bond acceptors (Lipinski definition) is 3. The number of rotatable bonds is 5. The van der Waals surface area contributed by atoms with Gasteiger partial charge in [-0.3, -0.25) is 4.79 Å². The van der Waals surface area contributed by atoms with Crippen LogP contribution in [0.5, 0.6) is 0 Å². The number of aromatic nitrogens is 1. The molecule has 0 saturated carbocycles. The van der Waals surface area contributed by atoms with Crippen LogP contribution in [-0.2, 0) is 17.6 Å². The number of hydrogen-bond donors (Lipinski definition) is 0. The highest BCUT2D eigenvalue weighted by molar-refractivity contribution is 7.09. The van der Waals surface area contributed by atoms with Crippen LogP contribution in [0.25, 0.3) is 0 Å². The molecule has 0 spiro atoms. The molecule has 4 heteroatoms. The molecule has 1 amide bonds. The summed E-state index contributed by atoms with van der Waals surface area (Å²) in [6.07, 6.45) is 5.10. The lowest BCUT2D eigenvalue weighted by Crippen LogP contribution is -2.39. The molecule has 0 atom stereocenters. The topological polar surface area (TPSA) is 33.2 Å². The molecule has 2 heterocycles. The second kappa shape index (κ2) is 7.93. The van der Waals surface area contributed by atoms with E-state index in [-0.39, 0.29) is 5.91 Å². The van der Waals surface area contributed by atoms with Gasteiger partial charge in [0.15, 0.2) is 0 Å². The standard InChI is InChI=1S/C20H26N2OS/c1-15-3-5-17(6-4-15)7-8-18-9-11-22(12-10-18)20(23)13-19-14-24-16(2)21-19/h3-6,14,18H,7-13H2,1-2H3. The van der Waals surface area contributed by atoms with Crippen molar-refractivity contribution in [3.63, 3.8) is 0 Å². The largest absolute Gasteiger partial charge is 0.342 e. The number of carbonyl (C=O) groups is 1. The number of carbonyl (C=O) groups excluding carboxylic acids is 1. The molecule has 1 aliphatic rings. The van der Waals surface area contributed by atoms with Crippen LogP contribution in [0.15, 0.2) is 29.6 Å². The summed E-state index contributed by atoms with van der Waals surface area (Å²) in [4.78, 5) is 18.8. The van der Waals surface area contributed by atoms with Gasteiger partial charge in [0.1, 0.15) is 0 Å². The molecular formula is C20H26N2OS. The quantitative estimate of drug-likeness (QED) is 0.817. The van der Waals surface area contributed by atoms with Gasteiger partial charge in [-0.25, -0.2) is 4.98 Å².